The lowest BCUT2D eigenvalue weighted by molar-refractivity contribution is 0.102. The molecule has 0 aliphatic rings. The van der Waals surface area contributed by atoms with Crippen molar-refractivity contribution in [3.05, 3.63) is 89.5 Å². The average molecular weight is 415 g/mol. The number of rotatable bonds is 5. The van der Waals surface area contributed by atoms with Gasteiger partial charge in [-0.3, -0.25) is 10.2 Å². The molecule has 4 aromatic rings. The van der Waals surface area contributed by atoms with Crippen molar-refractivity contribution in [1.82, 2.24) is 0 Å². The Morgan fingerprint density at radius 1 is 1.00 bits per heavy atom. The van der Waals surface area contributed by atoms with Crippen LogP contribution in [-0.2, 0) is 0 Å². The monoisotopic (exact) mass is 415 g/mol. The molecule has 0 aliphatic heterocycles. The van der Waals surface area contributed by atoms with Gasteiger partial charge in [-0.2, -0.15) is 0 Å². The first-order chi connectivity index (χ1) is 15.0. The maximum atomic E-state index is 13.1. The van der Waals surface area contributed by atoms with Crippen LogP contribution >= 0.6 is 0 Å². The Morgan fingerprint density at radius 2 is 1.81 bits per heavy atom. The lowest BCUT2D eigenvalue weighted by Crippen LogP contribution is -2.22. The summed E-state index contributed by atoms with van der Waals surface area (Å²) in [5.41, 5.74) is 5.62. The number of aromatic hydroxyl groups is 1. The number of para-hydroxylation sites is 2. The second kappa shape index (κ2) is 8.62. The normalized spacial score (nSPS) is 11.4. The van der Waals surface area contributed by atoms with E-state index in [1.165, 1.54) is 6.07 Å². The van der Waals surface area contributed by atoms with Gasteiger partial charge in [0.25, 0.3) is 5.91 Å². The van der Waals surface area contributed by atoms with Crippen LogP contribution in [0.1, 0.15) is 15.9 Å². The molecule has 7 heteroatoms. The van der Waals surface area contributed by atoms with Crippen LogP contribution in [0, 0.1) is 6.92 Å². The van der Waals surface area contributed by atoms with E-state index in [2.05, 4.69) is 15.8 Å². The maximum Gasteiger partial charge on any atom is 0.261 e. The fraction of sp³-hybridized carbons (Fsp3) is 0.0833. The molecule has 31 heavy (non-hydrogen) atoms. The van der Waals surface area contributed by atoms with E-state index in [9.17, 15) is 9.90 Å². The fourth-order valence-electron chi connectivity index (χ4n) is 3.04. The van der Waals surface area contributed by atoms with Crippen molar-refractivity contribution in [3.63, 3.8) is 0 Å². The number of phenolic OH excluding ortho intramolecular Hbond substituents is 1. The minimum Gasteiger partial charge on any atom is -0.508 e. The number of hydrogen-bond donors (Lipinski definition) is 3. The van der Waals surface area contributed by atoms with Crippen LogP contribution in [0.5, 0.6) is 11.5 Å². The van der Waals surface area contributed by atoms with Gasteiger partial charge in [-0.15, -0.1) is 5.10 Å². The minimum atomic E-state index is -0.426. The molecule has 0 unspecified atom stereocenters. The lowest BCUT2D eigenvalue weighted by Gasteiger charge is -2.10. The van der Waals surface area contributed by atoms with Crippen LogP contribution in [0.4, 0.5) is 11.4 Å². The molecule has 1 heterocycles. The van der Waals surface area contributed by atoms with Crippen molar-refractivity contribution in [2.75, 3.05) is 17.9 Å². The van der Waals surface area contributed by atoms with Crippen molar-refractivity contribution in [2.24, 2.45) is 5.10 Å². The number of hydrogen-bond acceptors (Lipinski definition) is 6. The van der Waals surface area contributed by atoms with Crippen LogP contribution in [0.2, 0.25) is 0 Å². The SMILES string of the molecule is COc1cccc2cc(C(=O)Nc3ccc(C)c(O)c3)/c(=N/Nc3ccccc3)oc12. The summed E-state index contributed by atoms with van der Waals surface area (Å²) in [6.45, 7) is 1.78. The predicted octanol–water partition coefficient (Wildman–Crippen LogP) is 4.64. The van der Waals surface area contributed by atoms with Crippen LogP contribution in [0.3, 0.4) is 0 Å². The third-order valence-corrected chi connectivity index (χ3v) is 4.73. The number of anilines is 2. The van der Waals surface area contributed by atoms with E-state index < -0.39 is 5.91 Å². The molecule has 4 rings (SSSR count). The highest BCUT2D eigenvalue weighted by Crippen LogP contribution is 2.25. The minimum absolute atomic E-state index is 0.0923. The number of carbonyl (C=O) groups excluding carboxylic acids is 1. The van der Waals surface area contributed by atoms with Gasteiger partial charge >= 0.3 is 0 Å². The average Bonchev–Trinajstić information content (AvgIpc) is 2.79. The van der Waals surface area contributed by atoms with Crippen LogP contribution in [0.25, 0.3) is 11.0 Å². The van der Waals surface area contributed by atoms with E-state index in [1.54, 1.807) is 38.3 Å². The Bertz CT molecular complexity index is 1310. The molecule has 0 bridgehead atoms. The molecule has 0 saturated carbocycles. The van der Waals surface area contributed by atoms with Gasteiger partial charge in [0.15, 0.2) is 11.3 Å². The number of methoxy groups -OCH3 is 1. The summed E-state index contributed by atoms with van der Waals surface area (Å²) in [5.74, 6) is 0.204. The number of fused-ring (bicyclic) bond motifs is 1. The molecular formula is C24H21N3O4. The Kier molecular flexibility index (Phi) is 5.57. The van der Waals surface area contributed by atoms with Gasteiger partial charge in [-0.1, -0.05) is 36.4 Å². The number of amides is 1. The number of phenols is 1. The van der Waals surface area contributed by atoms with Crippen LogP contribution in [-0.4, -0.2) is 18.1 Å². The number of benzene rings is 3. The van der Waals surface area contributed by atoms with Crippen molar-refractivity contribution >= 4 is 28.3 Å². The number of ether oxygens (including phenoxy) is 1. The zero-order valence-electron chi connectivity index (χ0n) is 17.0. The van der Waals surface area contributed by atoms with Gasteiger partial charge in [-0.25, -0.2) is 0 Å². The summed E-state index contributed by atoms with van der Waals surface area (Å²) in [6, 6.07) is 21.4. The van der Waals surface area contributed by atoms with E-state index in [0.29, 0.717) is 28.0 Å². The summed E-state index contributed by atoms with van der Waals surface area (Å²) >= 11 is 0. The van der Waals surface area contributed by atoms with E-state index >= 15 is 0 Å². The second-order valence-corrected chi connectivity index (χ2v) is 6.89. The third kappa shape index (κ3) is 4.35. The van der Waals surface area contributed by atoms with Crippen molar-refractivity contribution in [3.8, 4) is 11.5 Å². The van der Waals surface area contributed by atoms with Crippen LogP contribution < -0.4 is 21.0 Å². The lowest BCUT2D eigenvalue weighted by atomic mass is 10.1. The summed E-state index contributed by atoms with van der Waals surface area (Å²) in [4.78, 5) is 13.1. The van der Waals surface area contributed by atoms with Gasteiger partial charge in [0.2, 0.25) is 5.55 Å². The van der Waals surface area contributed by atoms with Gasteiger partial charge in [0, 0.05) is 17.1 Å². The third-order valence-electron chi connectivity index (χ3n) is 4.73. The van der Waals surface area contributed by atoms with E-state index in [0.717, 1.165) is 5.69 Å². The van der Waals surface area contributed by atoms with E-state index in [4.69, 9.17) is 9.15 Å². The fourth-order valence-corrected chi connectivity index (χ4v) is 3.04. The zero-order chi connectivity index (χ0) is 21.8. The topological polar surface area (TPSA) is 96.1 Å². The van der Waals surface area contributed by atoms with Crippen molar-refractivity contribution in [1.29, 1.82) is 0 Å². The van der Waals surface area contributed by atoms with Gasteiger partial charge < -0.3 is 19.6 Å². The quantitative estimate of drug-likeness (QED) is 0.413. The number of aryl methyl sites for hydroxylation is 1. The largest absolute Gasteiger partial charge is 0.508 e. The van der Waals surface area contributed by atoms with Gasteiger partial charge in [0.1, 0.15) is 11.3 Å². The zero-order valence-corrected chi connectivity index (χ0v) is 17.0. The Balaban J connectivity index is 1.79. The van der Waals surface area contributed by atoms with Crippen molar-refractivity contribution < 1.29 is 19.1 Å². The summed E-state index contributed by atoms with van der Waals surface area (Å²) in [6.07, 6.45) is 0. The molecule has 1 amide bonds. The first-order valence-electron chi connectivity index (χ1n) is 9.62. The summed E-state index contributed by atoms with van der Waals surface area (Å²) in [5, 5.41) is 17.7. The number of nitrogens with one attached hydrogen (secondary N) is 2. The van der Waals surface area contributed by atoms with E-state index in [-0.39, 0.29) is 16.9 Å². The Hall–Kier alpha value is -4.26. The van der Waals surface area contributed by atoms with Gasteiger partial charge in [-0.05, 0) is 42.8 Å². The smallest absolute Gasteiger partial charge is 0.261 e. The van der Waals surface area contributed by atoms with E-state index in [1.807, 2.05) is 42.5 Å². The Morgan fingerprint density at radius 3 is 2.55 bits per heavy atom. The first-order valence-corrected chi connectivity index (χ1v) is 9.62. The number of nitrogens with zero attached hydrogens (tertiary/aromatic N) is 1. The molecule has 3 N–H and O–H groups in total. The molecule has 156 valence electrons. The highest BCUT2D eigenvalue weighted by atomic mass is 16.5. The maximum absolute atomic E-state index is 13.1. The van der Waals surface area contributed by atoms with Crippen molar-refractivity contribution in [2.45, 2.75) is 6.92 Å². The second-order valence-electron chi connectivity index (χ2n) is 6.89. The highest BCUT2D eigenvalue weighted by molar-refractivity contribution is 6.05. The Labute approximate surface area is 178 Å². The predicted molar refractivity (Wildman–Crippen MR) is 119 cm³/mol. The number of carbonyl (C=O) groups is 1. The molecule has 0 fully saturated rings. The molecule has 0 radical (unpaired) electrons. The standard InChI is InChI=1S/C24H21N3O4/c1-15-11-12-18(14-20(15)28)25-23(29)19-13-16-7-6-10-21(30-2)22(16)31-24(19)27-26-17-8-4-3-5-9-17/h3-14,26,28H,1-2H3,(H,25,29)/b27-24-. The molecular weight excluding hydrogens is 394 g/mol. The molecule has 3 aromatic carbocycles. The molecule has 7 nitrogen and oxygen atoms in total. The summed E-state index contributed by atoms with van der Waals surface area (Å²) < 4.78 is 11.4. The van der Waals surface area contributed by atoms with Gasteiger partial charge in [0.05, 0.1) is 12.8 Å². The molecule has 0 atom stereocenters. The molecule has 0 aliphatic carbocycles. The highest BCUT2D eigenvalue weighted by Gasteiger charge is 2.15. The molecule has 0 spiro atoms. The molecule has 0 saturated heterocycles. The molecule has 1 aromatic heterocycles. The first kappa shape index (κ1) is 20.0. The van der Waals surface area contributed by atoms with Crippen LogP contribution in [0.15, 0.2) is 82.3 Å². The summed E-state index contributed by atoms with van der Waals surface area (Å²) in [7, 11) is 1.55.